The van der Waals surface area contributed by atoms with Gasteiger partial charge in [-0.25, -0.2) is 4.79 Å². The summed E-state index contributed by atoms with van der Waals surface area (Å²) in [6, 6.07) is -0.219. The molecule has 0 unspecified atom stereocenters. The fraction of sp³-hybridized carbons (Fsp3) is 0.818. The summed E-state index contributed by atoms with van der Waals surface area (Å²) in [5.74, 6) is -0.916. The fourth-order valence-electron chi connectivity index (χ4n) is 1.70. The van der Waals surface area contributed by atoms with E-state index in [4.69, 9.17) is 9.84 Å². The Morgan fingerprint density at radius 1 is 1.53 bits per heavy atom. The molecule has 17 heavy (non-hydrogen) atoms. The van der Waals surface area contributed by atoms with Crippen LogP contribution in [0.1, 0.15) is 27.2 Å². The summed E-state index contributed by atoms with van der Waals surface area (Å²) in [7, 11) is 0. The minimum atomic E-state index is -0.916. The monoisotopic (exact) mass is 244 g/mol. The third-order valence-corrected chi connectivity index (χ3v) is 2.67. The summed E-state index contributed by atoms with van der Waals surface area (Å²) in [5.41, 5.74) is -0.351. The van der Waals surface area contributed by atoms with Crippen LogP contribution in [0.4, 0.5) is 4.79 Å². The number of rotatable bonds is 3. The second kappa shape index (κ2) is 5.35. The molecule has 0 aliphatic carbocycles. The van der Waals surface area contributed by atoms with Gasteiger partial charge in [0.2, 0.25) is 0 Å². The molecule has 1 rings (SSSR count). The van der Waals surface area contributed by atoms with E-state index in [1.165, 1.54) is 0 Å². The zero-order valence-corrected chi connectivity index (χ0v) is 10.5. The topological polar surface area (TPSA) is 78.9 Å². The average molecular weight is 244 g/mol. The molecule has 0 spiro atoms. The van der Waals surface area contributed by atoms with E-state index in [0.717, 1.165) is 0 Å². The molecule has 1 aliphatic heterocycles. The van der Waals surface area contributed by atoms with Crippen molar-refractivity contribution in [1.82, 2.24) is 10.2 Å². The van der Waals surface area contributed by atoms with Crippen LogP contribution in [0, 0.1) is 0 Å². The molecule has 1 heterocycles. The van der Waals surface area contributed by atoms with Gasteiger partial charge in [0.25, 0.3) is 0 Å². The molecule has 6 heteroatoms. The van der Waals surface area contributed by atoms with E-state index in [2.05, 4.69) is 5.32 Å². The summed E-state index contributed by atoms with van der Waals surface area (Å²) >= 11 is 0. The average Bonchev–Trinajstić information content (AvgIpc) is 2.21. The van der Waals surface area contributed by atoms with Gasteiger partial charge < -0.3 is 20.1 Å². The number of urea groups is 1. The molecule has 2 amide bonds. The van der Waals surface area contributed by atoms with Crippen LogP contribution in [-0.4, -0.2) is 53.3 Å². The number of carboxylic acids is 1. The minimum Gasteiger partial charge on any atom is -0.481 e. The molecule has 1 atom stereocenters. The van der Waals surface area contributed by atoms with Gasteiger partial charge >= 0.3 is 12.0 Å². The summed E-state index contributed by atoms with van der Waals surface area (Å²) in [5, 5.41) is 11.1. The molecule has 0 bridgehead atoms. The van der Waals surface area contributed by atoms with Crippen molar-refractivity contribution in [2.24, 2.45) is 0 Å². The highest BCUT2D eigenvalue weighted by Gasteiger charge is 2.34. The number of nitrogens with one attached hydrogen (secondary N) is 1. The van der Waals surface area contributed by atoms with Gasteiger partial charge in [0.15, 0.2) is 0 Å². The van der Waals surface area contributed by atoms with Crippen molar-refractivity contribution in [3.63, 3.8) is 0 Å². The Balaban J connectivity index is 2.46. The number of hydrogen-bond acceptors (Lipinski definition) is 3. The van der Waals surface area contributed by atoms with Crippen LogP contribution < -0.4 is 5.32 Å². The van der Waals surface area contributed by atoms with Gasteiger partial charge in [0.1, 0.15) is 0 Å². The van der Waals surface area contributed by atoms with Gasteiger partial charge in [0, 0.05) is 6.54 Å². The normalized spacial score (nSPS) is 23.2. The van der Waals surface area contributed by atoms with E-state index in [1.54, 1.807) is 4.90 Å². The lowest BCUT2D eigenvalue weighted by Crippen LogP contribution is -2.57. The largest absolute Gasteiger partial charge is 0.481 e. The lowest BCUT2D eigenvalue weighted by atomic mass is 10.1. The SMILES string of the molecule is C[C@H]1COC(C)(C)CN1C(=O)NCCC(=O)O. The van der Waals surface area contributed by atoms with Gasteiger partial charge in [-0.2, -0.15) is 0 Å². The van der Waals surface area contributed by atoms with Crippen LogP contribution in [-0.2, 0) is 9.53 Å². The second-order valence-corrected chi connectivity index (χ2v) is 4.92. The van der Waals surface area contributed by atoms with Crippen LogP contribution in [0.25, 0.3) is 0 Å². The van der Waals surface area contributed by atoms with Crippen LogP contribution in [0.15, 0.2) is 0 Å². The van der Waals surface area contributed by atoms with Crippen LogP contribution in [0.3, 0.4) is 0 Å². The molecule has 98 valence electrons. The highest BCUT2D eigenvalue weighted by atomic mass is 16.5. The van der Waals surface area contributed by atoms with Crippen molar-refractivity contribution in [1.29, 1.82) is 0 Å². The number of morpholine rings is 1. The molecule has 0 radical (unpaired) electrons. The molecule has 0 aromatic rings. The highest BCUT2D eigenvalue weighted by Crippen LogP contribution is 2.20. The van der Waals surface area contributed by atoms with E-state index in [1.807, 2.05) is 20.8 Å². The Morgan fingerprint density at radius 2 is 2.18 bits per heavy atom. The Bertz CT molecular complexity index is 304. The van der Waals surface area contributed by atoms with Crippen molar-refractivity contribution < 1.29 is 19.4 Å². The molecule has 1 aliphatic rings. The smallest absolute Gasteiger partial charge is 0.317 e. The molecule has 2 N–H and O–H groups in total. The summed E-state index contributed by atoms with van der Waals surface area (Å²) in [6.45, 7) is 6.92. The number of hydrogen-bond donors (Lipinski definition) is 2. The zero-order valence-electron chi connectivity index (χ0n) is 10.5. The predicted molar refractivity (Wildman–Crippen MR) is 61.9 cm³/mol. The van der Waals surface area contributed by atoms with Crippen molar-refractivity contribution in [3.8, 4) is 0 Å². The van der Waals surface area contributed by atoms with E-state index < -0.39 is 5.97 Å². The van der Waals surface area contributed by atoms with Gasteiger partial charge in [-0.1, -0.05) is 0 Å². The number of amides is 2. The standard InChI is InChI=1S/C11H20N2O4/c1-8-6-17-11(2,3)7-13(8)10(16)12-5-4-9(14)15/h8H,4-7H2,1-3H3,(H,12,16)(H,14,15)/t8-/m0/s1. The maximum absolute atomic E-state index is 11.8. The number of aliphatic carboxylic acids is 1. The van der Waals surface area contributed by atoms with Crippen molar-refractivity contribution >= 4 is 12.0 Å². The second-order valence-electron chi connectivity index (χ2n) is 4.92. The number of ether oxygens (including phenoxy) is 1. The lowest BCUT2D eigenvalue weighted by Gasteiger charge is -2.42. The third kappa shape index (κ3) is 4.22. The molecule has 1 saturated heterocycles. The lowest BCUT2D eigenvalue weighted by molar-refractivity contribution is -0.136. The minimum absolute atomic E-state index is 0.00727. The van der Waals surface area contributed by atoms with Gasteiger partial charge in [0.05, 0.1) is 31.2 Å². The first-order chi connectivity index (χ1) is 7.82. The maximum Gasteiger partial charge on any atom is 0.317 e. The highest BCUT2D eigenvalue weighted by molar-refractivity contribution is 5.75. The van der Waals surface area contributed by atoms with E-state index in [0.29, 0.717) is 13.2 Å². The van der Waals surface area contributed by atoms with Crippen molar-refractivity contribution in [3.05, 3.63) is 0 Å². The molecule has 0 aromatic carbocycles. The first-order valence-corrected chi connectivity index (χ1v) is 5.72. The number of carbonyl (C=O) groups is 2. The van der Waals surface area contributed by atoms with Crippen LogP contribution in [0.2, 0.25) is 0 Å². The van der Waals surface area contributed by atoms with E-state index >= 15 is 0 Å². The Kier molecular flexibility index (Phi) is 4.34. The van der Waals surface area contributed by atoms with Gasteiger partial charge in [-0.15, -0.1) is 0 Å². The van der Waals surface area contributed by atoms with Gasteiger partial charge in [-0.05, 0) is 20.8 Å². The Morgan fingerprint density at radius 3 is 2.76 bits per heavy atom. The predicted octanol–water partition coefficient (Wildman–Crippen LogP) is 0.670. The summed E-state index contributed by atoms with van der Waals surface area (Å²) in [6.07, 6.45) is -0.0617. The first kappa shape index (κ1) is 13.8. The Hall–Kier alpha value is -1.30. The van der Waals surface area contributed by atoms with Gasteiger partial charge in [-0.3, -0.25) is 4.79 Å². The molecule has 1 fully saturated rings. The summed E-state index contributed by atoms with van der Waals surface area (Å²) in [4.78, 5) is 23.9. The third-order valence-electron chi connectivity index (χ3n) is 2.67. The number of carbonyl (C=O) groups excluding carboxylic acids is 1. The van der Waals surface area contributed by atoms with Crippen molar-refractivity contribution in [2.75, 3.05) is 19.7 Å². The maximum atomic E-state index is 11.8. The molecular formula is C11H20N2O4. The zero-order chi connectivity index (χ0) is 13.1. The van der Waals surface area contributed by atoms with E-state index in [-0.39, 0.29) is 30.6 Å². The van der Waals surface area contributed by atoms with Crippen LogP contribution in [0.5, 0.6) is 0 Å². The fourth-order valence-corrected chi connectivity index (χ4v) is 1.70. The number of nitrogens with zero attached hydrogens (tertiary/aromatic N) is 1. The number of carboxylic acid groups (broad SMARTS) is 1. The molecule has 0 saturated carbocycles. The molecule has 0 aromatic heterocycles. The first-order valence-electron chi connectivity index (χ1n) is 5.72. The van der Waals surface area contributed by atoms with Crippen LogP contribution >= 0.6 is 0 Å². The molecular weight excluding hydrogens is 224 g/mol. The quantitative estimate of drug-likeness (QED) is 0.764. The molecule has 6 nitrogen and oxygen atoms in total. The van der Waals surface area contributed by atoms with E-state index in [9.17, 15) is 9.59 Å². The summed E-state index contributed by atoms with van der Waals surface area (Å²) < 4.78 is 5.58. The van der Waals surface area contributed by atoms with Crippen molar-refractivity contribution in [2.45, 2.75) is 38.8 Å². The Labute approximate surface area is 101 Å².